The molecule has 8 nitrogen and oxygen atoms in total. The predicted molar refractivity (Wildman–Crippen MR) is 120 cm³/mol. The van der Waals surface area contributed by atoms with Crippen molar-refractivity contribution in [3.05, 3.63) is 77.9 Å². The summed E-state index contributed by atoms with van der Waals surface area (Å²) in [7, 11) is 0. The smallest absolute Gasteiger partial charge is 0.278 e. The van der Waals surface area contributed by atoms with Crippen LogP contribution >= 0.6 is 0 Å². The van der Waals surface area contributed by atoms with Crippen LogP contribution in [0.25, 0.3) is 16.5 Å². The van der Waals surface area contributed by atoms with E-state index < -0.39 is 0 Å². The van der Waals surface area contributed by atoms with E-state index in [0.717, 1.165) is 35.0 Å². The van der Waals surface area contributed by atoms with E-state index in [1.165, 1.54) is 0 Å². The Labute approximate surface area is 184 Å². The molecule has 1 aliphatic rings. The van der Waals surface area contributed by atoms with Gasteiger partial charge >= 0.3 is 0 Å². The first-order valence-electron chi connectivity index (χ1n) is 10.5. The number of anilines is 1. The molecule has 0 unspecified atom stereocenters. The molecule has 5 rings (SSSR count). The van der Waals surface area contributed by atoms with Crippen molar-refractivity contribution in [3.8, 4) is 5.69 Å². The molecule has 1 saturated heterocycles. The van der Waals surface area contributed by atoms with Crippen LogP contribution in [0.5, 0.6) is 0 Å². The number of pyridine rings is 1. The minimum absolute atomic E-state index is 0.148. The summed E-state index contributed by atoms with van der Waals surface area (Å²) in [4.78, 5) is 31.1. The number of hydrogen-bond acceptors (Lipinski definition) is 5. The fraction of sp³-hybridized carbons (Fsp3) is 0.208. The van der Waals surface area contributed by atoms with Crippen LogP contribution < -0.4 is 5.32 Å². The van der Waals surface area contributed by atoms with Gasteiger partial charge in [0.25, 0.3) is 5.91 Å². The number of nitrogens with one attached hydrogen (secondary N) is 1. The Morgan fingerprint density at radius 1 is 1.12 bits per heavy atom. The van der Waals surface area contributed by atoms with E-state index in [4.69, 9.17) is 0 Å². The minimum Gasteiger partial charge on any atom is -0.338 e. The van der Waals surface area contributed by atoms with Gasteiger partial charge in [-0.25, -0.2) is 4.68 Å². The maximum atomic E-state index is 13.1. The zero-order valence-electron chi connectivity index (χ0n) is 17.7. The minimum atomic E-state index is -0.337. The summed E-state index contributed by atoms with van der Waals surface area (Å²) in [5.41, 5.74) is 3.29. The number of amides is 2. The highest BCUT2D eigenvalue weighted by molar-refractivity contribution is 6.04. The van der Waals surface area contributed by atoms with E-state index >= 15 is 0 Å². The van der Waals surface area contributed by atoms with E-state index in [-0.39, 0.29) is 17.5 Å². The molecule has 2 aromatic heterocycles. The molecule has 3 heterocycles. The molecule has 0 bridgehead atoms. The summed E-state index contributed by atoms with van der Waals surface area (Å²) in [6.45, 7) is 3.05. The van der Waals surface area contributed by atoms with Gasteiger partial charge in [-0.2, -0.15) is 0 Å². The van der Waals surface area contributed by atoms with Gasteiger partial charge in [-0.3, -0.25) is 14.6 Å². The van der Waals surface area contributed by atoms with Crippen molar-refractivity contribution in [1.82, 2.24) is 24.9 Å². The Kier molecular flexibility index (Phi) is 5.10. The first kappa shape index (κ1) is 19.9. The number of hydrogen-bond donors (Lipinski definition) is 1. The highest BCUT2D eigenvalue weighted by Crippen LogP contribution is 2.24. The maximum absolute atomic E-state index is 13.1. The number of carbonyl (C=O) groups is 2. The monoisotopic (exact) mass is 426 g/mol. The summed E-state index contributed by atoms with van der Waals surface area (Å²) in [5.74, 6) is -0.189. The van der Waals surface area contributed by atoms with E-state index in [1.54, 1.807) is 17.1 Å². The molecular formula is C24H22N6O2. The van der Waals surface area contributed by atoms with Gasteiger partial charge in [0.05, 0.1) is 11.4 Å². The number of aromatic nitrogens is 4. The molecule has 2 aromatic carbocycles. The Morgan fingerprint density at radius 3 is 2.84 bits per heavy atom. The average molecular weight is 426 g/mol. The quantitative estimate of drug-likeness (QED) is 0.527. The average Bonchev–Trinajstić information content (AvgIpc) is 3.40. The second-order valence-corrected chi connectivity index (χ2v) is 7.84. The normalized spacial score (nSPS) is 13.7. The summed E-state index contributed by atoms with van der Waals surface area (Å²) < 4.78 is 1.67. The molecule has 1 fully saturated rings. The second-order valence-electron chi connectivity index (χ2n) is 7.84. The zero-order chi connectivity index (χ0) is 22.1. The molecule has 160 valence electrons. The summed E-state index contributed by atoms with van der Waals surface area (Å²) in [6.07, 6.45) is 4.98. The van der Waals surface area contributed by atoms with Crippen LogP contribution in [0.1, 0.15) is 34.6 Å². The van der Waals surface area contributed by atoms with Gasteiger partial charge in [0, 0.05) is 48.4 Å². The van der Waals surface area contributed by atoms with E-state index in [2.05, 4.69) is 20.6 Å². The fourth-order valence-electron chi connectivity index (χ4n) is 4.10. The van der Waals surface area contributed by atoms with Crippen molar-refractivity contribution in [2.45, 2.75) is 26.3 Å². The number of nitrogens with zero attached hydrogens (tertiary/aromatic N) is 5. The first-order valence-corrected chi connectivity index (χ1v) is 10.5. The maximum Gasteiger partial charge on any atom is 0.278 e. The lowest BCUT2D eigenvalue weighted by Gasteiger charge is -2.18. The molecular weight excluding hydrogens is 404 g/mol. The van der Waals surface area contributed by atoms with Crippen molar-refractivity contribution in [1.29, 1.82) is 0 Å². The summed E-state index contributed by atoms with van der Waals surface area (Å²) in [5, 5.41) is 13.3. The highest BCUT2D eigenvalue weighted by atomic mass is 16.2. The fourth-order valence-corrected chi connectivity index (χ4v) is 4.10. The Bertz CT molecular complexity index is 1320. The molecule has 0 atom stereocenters. The first-order chi connectivity index (χ1) is 15.6. The zero-order valence-corrected chi connectivity index (χ0v) is 17.7. The van der Waals surface area contributed by atoms with Crippen LogP contribution in [0.2, 0.25) is 0 Å². The van der Waals surface area contributed by atoms with Gasteiger partial charge < -0.3 is 10.2 Å². The van der Waals surface area contributed by atoms with Crippen molar-refractivity contribution >= 4 is 28.3 Å². The molecule has 4 aromatic rings. The molecule has 2 amide bonds. The van der Waals surface area contributed by atoms with Crippen molar-refractivity contribution < 1.29 is 9.59 Å². The topological polar surface area (TPSA) is 93.0 Å². The van der Waals surface area contributed by atoms with Crippen LogP contribution in [0, 0.1) is 6.92 Å². The highest BCUT2D eigenvalue weighted by Gasteiger charge is 2.23. The van der Waals surface area contributed by atoms with Crippen LogP contribution in [0.15, 0.2) is 60.9 Å². The SMILES string of the molecule is Cc1c(C(=O)Nc2ccccc2CN2CCCC2=O)nnn1-c1cccc2cnccc12. The molecule has 0 radical (unpaired) electrons. The summed E-state index contributed by atoms with van der Waals surface area (Å²) in [6, 6.07) is 15.3. The number of fused-ring (bicyclic) bond motifs is 1. The molecule has 1 N–H and O–H groups in total. The van der Waals surface area contributed by atoms with Crippen LogP contribution in [0.4, 0.5) is 5.69 Å². The van der Waals surface area contributed by atoms with Gasteiger partial charge in [0.15, 0.2) is 5.69 Å². The predicted octanol–water partition coefficient (Wildman–Crippen LogP) is 3.50. The number of carbonyl (C=O) groups excluding carboxylic acids is 2. The molecule has 0 spiro atoms. The van der Waals surface area contributed by atoms with Gasteiger partial charge in [0.2, 0.25) is 5.91 Å². The van der Waals surface area contributed by atoms with Crippen LogP contribution in [0.3, 0.4) is 0 Å². The number of likely N-dealkylation sites (tertiary alicyclic amines) is 1. The van der Waals surface area contributed by atoms with Gasteiger partial charge in [-0.05, 0) is 37.1 Å². The molecule has 0 aliphatic carbocycles. The van der Waals surface area contributed by atoms with Crippen molar-refractivity contribution in [2.24, 2.45) is 0 Å². The Balaban J connectivity index is 1.42. The van der Waals surface area contributed by atoms with Crippen LogP contribution in [-0.2, 0) is 11.3 Å². The van der Waals surface area contributed by atoms with Gasteiger partial charge in [0.1, 0.15) is 0 Å². The third-order valence-electron chi connectivity index (χ3n) is 5.79. The number of benzene rings is 2. The Morgan fingerprint density at radius 2 is 2.00 bits per heavy atom. The second kappa shape index (κ2) is 8.22. The molecule has 0 saturated carbocycles. The van der Waals surface area contributed by atoms with Crippen molar-refractivity contribution in [2.75, 3.05) is 11.9 Å². The standard InChI is InChI=1S/C24H22N6O2/c1-16-23(27-28-30(16)21-9-4-7-17-14-25-12-11-19(17)21)24(32)26-20-8-3-2-6-18(20)15-29-13-5-10-22(29)31/h2-4,6-9,11-12,14H,5,10,13,15H2,1H3,(H,26,32). The van der Waals surface area contributed by atoms with E-state index in [9.17, 15) is 9.59 Å². The van der Waals surface area contributed by atoms with E-state index in [1.807, 2.05) is 60.4 Å². The lowest BCUT2D eigenvalue weighted by Crippen LogP contribution is -2.25. The number of rotatable bonds is 5. The molecule has 1 aliphatic heterocycles. The summed E-state index contributed by atoms with van der Waals surface area (Å²) >= 11 is 0. The van der Waals surface area contributed by atoms with Gasteiger partial charge in [-0.15, -0.1) is 5.10 Å². The van der Waals surface area contributed by atoms with Gasteiger partial charge in [-0.1, -0.05) is 35.5 Å². The third kappa shape index (κ3) is 3.60. The number of para-hydroxylation sites is 1. The lowest BCUT2D eigenvalue weighted by atomic mass is 10.1. The van der Waals surface area contributed by atoms with Crippen LogP contribution in [-0.4, -0.2) is 43.2 Å². The van der Waals surface area contributed by atoms with Crippen molar-refractivity contribution in [3.63, 3.8) is 0 Å². The van der Waals surface area contributed by atoms with E-state index in [0.29, 0.717) is 24.3 Å². The largest absolute Gasteiger partial charge is 0.338 e. The third-order valence-corrected chi connectivity index (χ3v) is 5.79. The Hall–Kier alpha value is -4.07. The molecule has 8 heteroatoms. The lowest BCUT2D eigenvalue weighted by molar-refractivity contribution is -0.128. The molecule has 32 heavy (non-hydrogen) atoms.